The quantitative estimate of drug-likeness (QED) is 0.863. The molecule has 6 nitrogen and oxygen atoms in total. The van der Waals surface area contributed by atoms with Crippen molar-refractivity contribution in [3.8, 4) is 5.75 Å². The lowest BCUT2D eigenvalue weighted by Crippen LogP contribution is -2.51. The molecule has 1 aliphatic rings. The molecule has 0 aromatic heterocycles. The van der Waals surface area contributed by atoms with E-state index in [4.69, 9.17) is 9.47 Å². The monoisotopic (exact) mass is 310 g/mol. The van der Waals surface area contributed by atoms with E-state index in [1.54, 1.807) is 11.8 Å². The molecule has 0 radical (unpaired) electrons. The van der Waals surface area contributed by atoms with Crippen molar-refractivity contribution in [3.05, 3.63) is 30.1 Å². The summed E-state index contributed by atoms with van der Waals surface area (Å²) in [4.78, 5) is 25.6. The summed E-state index contributed by atoms with van der Waals surface area (Å²) >= 11 is 0. The third kappa shape index (κ3) is 4.70. The fraction of sp³-hybridized carbons (Fsp3) is 0.467. The van der Waals surface area contributed by atoms with Crippen molar-refractivity contribution >= 4 is 11.8 Å². The van der Waals surface area contributed by atoms with Crippen LogP contribution in [0.5, 0.6) is 5.75 Å². The molecule has 1 unspecified atom stereocenters. The van der Waals surface area contributed by atoms with Gasteiger partial charge < -0.3 is 19.7 Å². The minimum atomic E-state index is -0.623. The minimum Gasteiger partial charge on any atom is -0.484 e. The molecule has 1 aromatic carbocycles. The van der Waals surface area contributed by atoms with Crippen molar-refractivity contribution in [1.29, 1.82) is 0 Å². The number of ether oxygens (including phenoxy) is 2. The molecule has 1 heterocycles. The van der Waals surface area contributed by atoms with Gasteiger partial charge in [-0.15, -0.1) is 0 Å². The first kappa shape index (κ1) is 16.2. The second kappa shape index (κ2) is 7.74. The predicted octanol–water partition coefficient (Wildman–Crippen LogP) is 0.568. The van der Waals surface area contributed by atoms with Crippen molar-refractivity contribution in [3.63, 3.8) is 0 Å². The van der Waals surface area contributed by atoms with E-state index in [2.05, 4.69) is 5.32 Å². The normalized spacial score (nSPS) is 16.0. The Balaban J connectivity index is 1.75. The van der Waals surface area contributed by atoms with Gasteiger partial charge in [0.05, 0.1) is 13.2 Å². The minimum absolute atomic E-state index is 0.140. The number of morpholine rings is 1. The van der Waals surface area contributed by atoms with Crippen LogP contribution in [0, 0.1) is 5.82 Å². The fourth-order valence-corrected chi connectivity index (χ4v) is 2.08. The number of rotatable bonds is 5. The summed E-state index contributed by atoms with van der Waals surface area (Å²) in [5, 5.41) is 2.59. The lowest BCUT2D eigenvalue weighted by molar-refractivity contribution is -0.139. The molecule has 120 valence electrons. The van der Waals surface area contributed by atoms with Crippen LogP contribution in [-0.2, 0) is 14.3 Å². The molecule has 22 heavy (non-hydrogen) atoms. The lowest BCUT2D eigenvalue weighted by Gasteiger charge is -2.29. The smallest absolute Gasteiger partial charge is 0.258 e. The molecule has 1 atom stereocenters. The van der Waals surface area contributed by atoms with Crippen molar-refractivity contribution < 1.29 is 23.5 Å². The van der Waals surface area contributed by atoms with Gasteiger partial charge in [-0.2, -0.15) is 0 Å². The number of benzene rings is 1. The van der Waals surface area contributed by atoms with E-state index in [1.165, 1.54) is 24.3 Å². The summed E-state index contributed by atoms with van der Waals surface area (Å²) in [6.45, 7) is 3.50. The van der Waals surface area contributed by atoms with Crippen LogP contribution in [0.15, 0.2) is 24.3 Å². The van der Waals surface area contributed by atoms with Gasteiger partial charge in [-0.1, -0.05) is 0 Å². The molecule has 2 amide bonds. The van der Waals surface area contributed by atoms with E-state index in [0.29, 0.717) is 32.1 Å². The summed E-state index contributed by atoms with van der Waals surface area (Å²) in [6, 6.07) is 4.74. The maximum atomic E-state index is 12.7. The van der Waals surface area contributed by atoms with Gasteiger partial charge in [0.25, 0.3) is 5.91 Å². The molecule has 1 N–H and O–H groups in total. The van der Waals surface area contributed by atoms with Crippen molar-refractivity contribution in [2.24, 2.45) is 0 Å². The number of hydrogen-bond acceptors (Lipinski definition) is 4. The van der Waals surface area contributed by atoms with Crippen molar-refractivity contribution in [2.45, 2.75) is 13.0 Å². The Hall–Kier alpha value is -2.15. The standard InChI is InChI=1S/C15H19FN2O4/c1-11(15(20)18-6-8-21-9-7-18)17-14(19)10-22-13-4-2-12(16)3-5-13/h2-5,11H,6-10H2,1H3,(H,17,19). The Morgan fingerprint density at radius 1 is 1.32 bits per heavy atom. The first-order valence-corrected chi connectivity index (χ1v) is 7.10. The van der Waals surface area contributed by atoms with Gasteiger partial charge in [0.2, 0.25) is 5.91 Å². The van der Waals surface area contributed by atoms with E-state index in [0.717, 1.165) is 0 Å². The van der Waals surface area contributed by atoms with Gasteiger partial charge in [0.15, 0.2) is 6.61 Å². The van der Waals surface area contributed by atoms with Crippen LogP contribution in [0.4, 0.5) is 4.39 Å². The Morgan fingerprint density at radius 2 is 1.95 bits per heavy atom. The molecule has 0 spiro atoms. The topological polar surface area (TPSA) is 67.9 Å². The second-order valence-electron chi connectivity index (χ2n) is 4.97. The molecule has 0 bridgehead atoms. The van der Waals surface area contributed by atoms with Crippen molar-refractivity contribution in [1.82, 2.24) is 10.2 Å². The van der Waals surface area contributed by atoms with Gasteiger partial charge in [-0.05, 0) is 31.2 Å². The highest BCUT2D eigenvalue weighted by Crippen LogP contribution is 2.10. The van der Waals surface area contributed by atoms with Crippen LogP contribution in [0.2, 0.25) is 0 Å². The van der Waals surface area contributed by atoms with Crippen LogP contribution in [0.3, 0.4) is 0 Å². The molecular formula is C15H19FN2O4. The Labute approximate surface area is 128 Å². The zero-order valence-electron chi connectivity index (χ0n) is 12.4. The highest BCUT2D eigenvalue weighted by Gasteiger charge is 2.23. The number of nitrogens with zero attached hydrogens (tertiary/aromatic N) is 1. The van der Waals surface area contributed by atoms with Crippen LogP contribution in [0.1, 0.15) is 6.92 Å². The molecule has 1 aromatic rings. The summed E-state index contributed by atoms with van der Waals surface area (Å²) in [7, 11) is 0. The molecule has 1 saturated heterocycles. The Bertz CT molecular complexity index is 515. The number of carbonyl (C=O) groups excluding carboxylic acids is 2. The van der Waals surface area contributed by atoms with Crippen molar-refractivity contribution in [2.75, 3.05) is 32.9 Å². The molecule has 2 rings (SSSR count). The highest BCUT2D eigenvalue weighted by molar-refractivity contribution is 5.87. The zero-order chi connectivity index (χ0) is 15.9. The van der Waals surface area contributed by atoms with Gasteiger partial charge in [-0.3, -0.25) is 9.59 Å². The maximum absolute atomic E-state index is 12.7. The predicted molar refractivity (Wildman–Crippen MR) is 76.9 cm³/mol. The molecular weight excluding hydrogens is 291 g/mol. The van der Waals surface area contributed by atoms with Gasteiger partial charge in [0, 0.05) is 13.1 Å². The first-order chi connectivity index (χ1) is 10.6. The molecule has 1 fully saturated rings. The maximum Gasteiger partial charge on any atom is 0.258 e. The molecule has 0 aliphatic carbocycles. The number of halogens is 1. The zero-order valence-corrected chi connectivity index (χ0v) is 12.4. The number of carbonyl (C=O) groups is 2. The Kier molecular flexibility index (Phi) is 5.71. The van der Waals surface area contributed by atoms with Gasteiger partial charge in [-0.25, -0.2) is 4.39 Å². The van der Waals surface area contributed by atoms with E-state index < -0.39 is 11.9 Å². The summed E-state index contributed by atoms with van der Waals surface area (Å²) in [5.74, 6) is -0.526. The van der Waals surface area contributed by atoms with E-state index in [9.17, 15) is 14.0 Å². The van der Waals surface area contributed by atoms with E-state index >= 15 is 0 Å². The number of hydrogen-bond donors (Lipinski definition) is 1. The average molecular weight is 310 g/mol. The largest absolute Gasteiger partial charge is 0.484 e. The number of nitrogens with one attached hydrogen (secondary N) is 1. The van der Waals surface area contributed by atoms with Crippen LogP contribution in [-0.4, -0.2) is 55.7 Å². The summed E-state index contributed by atoms with van der Waals surface area (Å²) < 4.78 is 23.1. The van der Waals surface area contributed by atoms with Gasteiger partial charge in [0.1, 0.15) is 17.6 Å². The molecule has 7 heteroatoms. The summed E-state index contributed by atoms with van der Waals surface area (Å²) in [5.41, 5.74) is 0. The second-order valence-corrected chi connectivity index (χ2v) is 4.97. The van der Waals surface area contributed by atoms with E-state index in [1.807, 2.05) is 0 Å². The Morgan fingerprint density at radius 3 is 2.59 bits per heavy atom. The fourth-order valence-electron chi connectivity index (χ4n) is 2.08. The third-order valence-corrected chi connectivity index (χ3v) is 3.25. The van der Waals surface area contributed by atoms with Crippen LogP contribution >= 0.6 is 0 Å². The lowest BCUT2D eigenvalue weighted by atomic mass is 10.2. The third-order valence-electron chi connectivity index (χ3n) is 3.25. The SMILES string of the molecule is CC(NC(=O)COc1ccc(F)cc1)C(=O)N1CCOCC1. The molecule has 0 saturated carbocycles. The summed E-state index contributed by atoms with van der Waals surface area (Å²) in [6.07, 6.45) is 0. The average Bonchev–Trinajstić information content (AvgIpc) is 2.54. The first-order valence-electron chi connectivity index (χ1n) is 7.10. The van der Waals surface area contributed by atoms with E-state index in [-0.39, 0.29) is 18.3 Å². The highest BCUT2D eigenvalue weighted by atomic mass is 19.1. The van der Waals surface area contributed by atoms with Gasteiger partial charge >= 0.3 is 0 Å². The van der Waals surface area contributed by atoms with Crippen LogP contribution in [0.25, 0.3) is 0 Å². The van der Waals surface area contributed by atoms with Crippen LogP contribution < -0.4 is 10.1 Å². The number of amides is 2. The molecule has 1 aliphatic heterocycles.